The third-order valence-electron chi connectivity index (χ3n) is 4.04. The van der Waals surface area contributed by atoms with Crippen molar-refractivity contribution in [1.29, 1.82) is 0 Å². The number of rotatable bonds is 6. The molecule has 0 aliphatic rings. The lowest BCUT2D eigenvalue weighted by atomic mass is 10.0. The Morgan fingerprint density at radius 1 is 1.21 bits per heavy atom. The highest BCUT2D eigenvalue weighted by Gasteiger charge is 2.19. The summed E-state index contributed by atoms with van der Waals surface area (Å²) < 4.78 is 13.8. The van der Waals surface area contributed by atoms with Crippen LogP contribution in [0, 0.1) is 5.82 Å². The van der Waals surface area contributed by atoms with E-state index in [2.05, 4.69) is 36.5 Å². The lowest BCUT2D eigenvalue weighted by Crippen LogP contribution is -2.35. The number of carbonyl (C=O) groups is 1. The van der Waals surface area contributed by atoms with E-state index in [9.17, 15) is 9.18 Å². The summed E-state index contributed by atoms with van der Waals surface area (Å²) in [6, 6.07) is 12.5. The molecule has 0 heterocycles. The van der Waals surface area contributed by atoms with Crippen LogP contribution in [0.4, 0.5) is 4.39 Å². The van der Waals surface area contributed by atoms with Crippen LogP contribution in [0.2, 0.25) is 5.02 Å². The molecule has 2 rings (SSSR count). The Morgan fingerprint density at radius 2 is 1.88 bits per heavy atom. The van der Waals surface area contributed by atoms with Crippen molar-refractivity contribution < 1.29 is 9.18 Å². The van der Waals surface area contributed by atoms with Gasteiger partial charge in [-0.3, -0.25) is 4.79 Å². The van der Waals surface area contributed by atoms with Crippen molar-refractivity contribution in [3.63, 3.8) is 0 Å². The minimum atomic E-state index is -0.617. The van der Waals surface area contributed by atoms with Crippen LogP contribution in [0.15, 0.2) is 42.5 Å². The largest absolute Gasteiger partial charge is 0.350 e. The van der Waals surface area contributed by atoms with Crippen LogP contribution in [0.5, 0.6) is 0 Å². The van der Waals surface area contributed by atoms with Gasteiger partial charge in [-0.2, -0.15) is 0 Å². The Labute approximate surface area is 147 Å². The molecular weight excluding hydrogens is 327 g/mol. The Balaban J connectivity index is 2.12. The first-order valence-electron chi connectivity index (χ1n) is 7.91. The SMILES string of the molecule is CCc1ccc(C(CNC(=O)c2c(F)cccc2Cl)N(C)C)cc1. The van der Waals surface area contributed by atoms with Crippen LogP contribution in [0.1, 0.15) is 34.5 Å². The van der Waals surface area contributed by atoms with E-state index < -0.39 is 11.7 Å². The molecule has 1 N–H and O–H groups in total. The maximum Gasteiger partial charge on any atom is 0.255 e. The predicted octanol–water partition coefficient (Wildman–Crippen LogP) is 4.07. The van der Waals surface area contributed by atoms with Crippen LogP contribution < -0.4 is 5.32 Å². The van der Waals surface area contributed by atoms with Gasteiger partial charge >= 0.3 is 0 Å². The monoisotopic (exact) mass is 348 g/mol. The van der Waals surface area contributed by atoms with Gasteiger partial charge in [0.05, 0.1) is 16.6 Å². The van der Waals surface area contributed by atoms with E-state index in [1.165, 1.54) is 23.8 Å². The molecule has 1 amide bonds. The minimum Gasteiger partial charge on any atom is -0.350 e. The second-order valence-corrected chi connectivity index (χ2v) is 6.29. The molecular formula is C19H22ClFN2O. The average molecular weight is 349 g/mol. The number of benzene rings is 2. The summed E-state index contributed by atoms with van der Waals surface area (Å²) in [4.78, 5) is 14.3. The van der Waals surface area contributed by atoms with Crippen molar-refractivity contribution in [2.45, 2.75) is 19.4 Å². The Bertz CT molecular complexity index is 681. The lowest BCUT2D eigenvalue weighted by Gasteiger charge is -2.25. The molecule has 2 aromatic carbocycles. The van der Waals surface area contributed by atoms with Gasteiger partial charge in [0.15, 0.2) is 0 Å². The molecule has 0 aliphatic carbocycles. The van der Waals surface area contributed by atoms with Gasteiger partial charge in [0.1, 0.15) is 5.82 Å². The molecule has 0 radical (unpaired) electrons. The first-order valence-corrected chi connectivity index (χ1v) is 8.29. The Morgan fingerprint density at radius 3 is 2.42 bits per heavy atom. The number of carbonyl (C=O) groups excluding carboxylic acids is 1. The van der Waals surface area contributed by atoms with E-state index in [0.717, 1.165) is 12.0 Å². The average Bonchev–Trinajstić information content (AvgIpc) is 2.55. The van der Waals surface area contributed by atoms with Gasteiger partial charge in [-0.05, 0) is 43.8 Å². The molecule has 0 spiro atoms. The molecule has 0 bridgehead atoms. The number of likely N-dealkylation sites (N-methyl/N-ethyl adjacent to an activating group) is 1. The zero-order valence-electron chi connectivity index (χ0n) is 14.1. The summed E-state index contributed by atoms with van der Waals surface area (Å²) in [5, 5.41) is 2.90. The maximum absolute atomic E-state index is 13.8. The summed E-state index contributed by atoms with van der Waals surface area (Å²) in [6.45, 7) is 2.47. The number of hydrogen-bond acceptors (Lipinski definition) is 2. The standard InChI is InChI=1S/C19H22ClFN2O/c1-4-13-8-10-14(11-9-13)17(23(2)3)12-22-19(24)18-15(20)6-5-7-16(18)21/h5-11,17H,4,12H2,1-3H3,(H,22,24). The van der Waals surface area contributed by atoms with Crippen molar-refractivity contribution in [3.8, 4) is 0 Å². The van der Waals surface area contributed by atoms with Gasteiger partial charge < -0.3 is 10.2 Å². The van der Waals surface area contributed by atoms with Gasteiger partial charge in [0.2, 0.25) is 0 Å². The van der Waals surface area contributed by atoms with Gasteiger partial charge in [0, 0.05) is 6.54 Å². The van der Waals surface area contributed by atoms with E-state index in [-0.39, 0.29) is 16.6 Å². The molecule has 2 aromatic rings. The van der Waals surface area contributed by atoms with E-state index in [0.29, 0.717) is 6.54 Å². The zero-order valence-corrected chi connectivity index (χ0v) is 14.9. The van der Waals surface area contributed by atoms with Crippen molar-refractivity contribution in [1.82, 2.24) is 10.2 Å². The molecule has 128 valence electrons. The summed E-state index contributed by atoms with van der Waals surface area (Å²) in [5.41, 5.74) is 2.24. The number of hydrogen-bond donors (Lipinski definition) is 1. The quantitative estimate of drug-likeness (QED) is 0.853. The summed E-state index contributed by atoms with van der Waals surface area (Å²) >= 11 is 5.94. The molecule has 0 saturated heterocycles. The summed E-state index contributed by atoms with van der Waals surface area (Å²) in [6.07, 6.45) is 0.982. The van der Waals surface area contributed by atoms with E-state index in [4.69, 9.17) is 11.6 Å². The van der Waals surface area contributed by atoms with Gasteiger partial charge in [0.25, 0.3) is 5.91 Å². The van der Waals surface area contributed by atoms with Crippen LogP contribution >= 0.6 is 11.6 Å². The third-order valence-corrected chi connectivity index (χ3v) is 4.36. The van der Waals surface area contributed by atoms with Gasteiger partial charge in [-0.25, -0.2) is 4.39 Å². The second kappa shape index (κ2) is 8.27. The molecule has 5 heteroatoms. The first kappa shape index (κ1) is 18.4. The van der Waals surface area contributed by atoms with Crippen molar-refractivity contribution in [2.24, 2.45) is 0 Å². The summed E-state index contributed by atoms with van der Waals surface area (Å²) in [7, 11) is 3.89. The molecule has 1 atom stereocenters. The zero-order chi connectivity index (χ0) is 17.7. The third kappa shape index (κ3) is 4.34. The highest BCUT2D eigenvalue weighted by Crippen LogP contribution is 2.21. The van der Waals surface area contributed by atoms with E-state index in [1.54, 1.807) is 0 Å². The number of nitrogens with zero attached hydrogens (tertiary/aromatic N) is 1. The highest BCUT2D eigenvalue weighted by molar-refractivity contribution is 6.33. The fourth-order valence-electron chi connectivity index (χ4n) is 2.57. The van der Waals surface area contributed by atoms with E-state index in [1.807, 2.05) is 19.0 Å². The molecule has 24 heavy (non-hydrogen) atoms. The fraction of sp³-hybridized carbons (Fsp3) is 0.316. The normalized spacial score (nSPS) is 12.2. The molecule has 0 aromatic heterocycles. The molecule has 3 nitrogen and oxygen atoms in total. The molecule has 0 fully saturated rings. The number of aryl methyl sites for hydroxylation is 1. The van der Waals surface area contributed by atoms with Gasteiger partial charge in [-0.1, -0.05) is 48.9 Å². The van der Waals surface area contributed by atoms with Crippen LogP contribution in [-0.2, 0) is 6.42 Å². The first-order chi connectivity index (χ1) is 11.4. The smallest absolute Gasteiger partial charge is 0.255 e. The second-order valence-electron chi connectivity index (χ2n) is 5.88. The predicted molar refractivity (Wildman–Crippen MR) is 96.0 cm³/mol. The maximum atomic E-state index is 13.8. The van der Waals surface area contributed by atoms with Crippen molar-refractivity contribution in [2.75, 3.05) is 20.6 Å². The minimum absolute atomic E-state index is 0.00888. The number of amides is 1. The lowest BCUT2D eigenvalue weighted by molar-refractivity contribution is 0.0938. The topological polar surface area (TPSA) is 32.3 Å². The molecule has 0 saturated carbocycles. The van der Waals surface area contributed by atoms with Crippen molar-refractivity contribution >= 4 is 17.5 Å². The van der Waals surface area contributed by atoms with Crippen LogP contribution in [0.25, 0.3) is 0 Å². The Kier molecular flexibility index (Phi) is 6.35. The number of nitrogens with one attached hydrogen (secondary N) is 1. The van der Waals surface area contributed by atoms with Crippen molar-refractivity contribution in [3.05, 3.63) is 70.0 Å². The van der Waals surface area contributed by atoms with Crippen LogP contribution in [0.3, 0.4) is 0 Å². The van der Waals surface area contributed by atoms with E-state index >= 15 is 0 Å². The molecule has 0 aliphatic heterocycles. The number of halogens is 2. The fourth-order valence-corrected chi connectivity index (χ4v) is 2.82. The highest BCUT2D eigenvalue weighted by atomic mass is 35.5. The Hall–Kier alpha value is -1.91. The van der Waals surface area contributed by atoms with Crippen LogP contribution in [-0.4, -0.2) is 31.4 Å². The summed E-state index contributed by atoms with van der Waals surface area (Å²) in [5.74, 6) is -1.12. The molecule has 1 unspecified atom stereocenters. The van der Waals surface area contributed by atoms with Gasteiger partial charge in [-0.15, -0.1) is 0 Å².